The second kappa shape index (κ2) is 11.0. The third-order valence-electron chi connectivity index (χ3n) is 5.11. The Bertz CT molecular complexity index is 1150. The zero-order valence-corrected chi connectivity index (χ0v) is 18.2. The molecule has 32 heavy (non-hydrogen) atoms. The van der Waals surface area contributed by atoms with Gasteiger partial charge in [-0.1, -0.05) is 48.6 Å². The van der Waals surface area contributed by atoms with Crippen molar-refractivity contribution >= 4 is 28.3 Å². The number of fused-ring (bicyclic) bond motifs is 1. The standard InChI is InChI=1S/C26H27N3O3/c1-3-5-19(4-2)26(31)32-17-18-6-8-20(9-7-18)24(15-27)25(30)29-23-11-10-22-16-28-13-12-21(22)14-23/h3-14,16,24H,15,17,27H2,1-2H3,(H,29,30)/b5-3-,19-4+/t24-/m1/s1. The van der Waals surface area contributed by atoms with Crippen molar-refractivity contribution in [1.82, 2.24) is 4.98 Å². The lowest BCUT2D eigenvalue weighted by Crippen LogP contribution is -2.27. The molecule has 0 aliphatic rings. The van der Waals surface area contributed by atoms with E-state index in [2.05, 4.69) is 10.3 Å². The van der Waals surface area contributed by atoms with Gasteiger partial charge in [0, 0.05) is 30.0 Å². The number of hydrogen-bond acceptors (Lipinski definition) is 5. The van der Waals surface area contributed by atoms with Gasteiger partial charge in [0.05, 0.1) is 11.5 Å². The van der Waals surface area contributed by atoms with Crippen molar-refractivity contribution in [3.05, 3.63) is 95.9 Å². The third kappa shape index (κ3) is 5.68. The lowest BCUT2D eigenvalue weighted by molar-refractivity contribution is -0.139. The van der Waals surface area contributed by atoms with Crippen molar-refractivity contribution in [2.75, 3.05) is 11.9 Å². The van der Waals surface area contributed by atoms with Crippen molar-refractivity contribution in [3.63, 3.8) is 0 Å². The first kappa shape index (κ1) is 22.9. The van der Waals surface area contributed by atoms with Crippen LogP contribution in [0.4, 0.5) is 5.69 Å². The molecule has 0 saturated heterocycles. The first-order chi connectivity index (χ1) is 15.5. The van der Waals surface area contributed by atoms with Crippen LogP contribution < -0.4 is 11.1 Å². The van der Waals surface area contributed by atoms with Gasteiger partial charge in [-0.25, -0.2) is 4.79 Å². The van der Waals surface area contributed by atoms with Gasteiger partial charge in [-0.15, -0.1) is 0 Å². The van der Waals surface area contributed by atoms with Crippen LogP contribution >= 0.6 is 0 Å². The number of nitrogens with one attached hydrogen (secondary N) is 1. The molecule has 0 radical (unpaired) electrons. The maximum Gasteiger partial charge on any atom is 0.338 e. The predicted molar refractivity (Wildman–Crippen MR) is 127 cm³/mol. The Morgan fingerprint density at radius 1 is 1.09 bits per heavy atom. The number of ether oxygens (including phenoxy) is 1. The Hall–Kier alpha value is -3.77. The molecule has 0 unspecified atom stereocenters. The van der Waals surface area contributed by atoms with Crippen molar-refractivity contribution in [3.8, 4) is 0 Å². The van der Waals surface area contributed by atoms with Gasteiger partial charge < -0.3 is 15.8 Å². The zero-order valence-electron chi connectivity index (χ0n) is 18.2. The van der Waals surface area contributed by atoms with Crippen LogP contribution in [-0.2, 0) is 20.9 Å². The molecule has 3 aromatic rings. The van der Waals surface area contributed by atoms with Gasteiger partial charge in [-0.2, -0.15) is 0 Å². The highest BCUT2D eigenvalue weighted by Crippen LogP contribution is 2.22. The van der Waals surface area contributed by atoms with Crippen molar-refractivity contribution in [2.24, 2.45) is 5.73 Å². The molecular formula is C26H27N3O3. The summed E-state index contributed by atoms with van der Waals surface area (Å²) in [5, 5.41) is 4.95. The van der Waals surface area contributed by atoms with E-state index in [1.165, 1.54) is 0 Å². The summed E-state index contributed by atoms with van der Waals surface area (Å²) in [4.78, 5) is 29.1. The van der Waals surface area contributed by atoms with E-state index >= 15 is 0 Å². The van der Waals surface area contributed by atoms with Crippen LogP contribution in [0.25, 0.3) is 10.8 Å². The van der Waals surface area contributed by atoms with E-state index in [9.17, 15) is 9.59 Å². The molecule has 0 saturated carbocycles. The average molecular weight is 430 g/mol. The quantitative estimate of drug-likeness (QED) is 0.313. The zero-order chi connectivity index (χ0) is 22.9. The number of aromatic nitrogens is 1. The van der Waals surface area contributed by atoms with E-state index in [1.54, 1.807) is 37.5 Å². The van der Waals surface area contributed by atoms with Crippen LogP contribution in [0, 0.1) is 0 Å². The van der Waals surface area contributed by atoms with Crippen LogP contribution in [0.1, 0.15) is 30.9 Å². The number of esters is 1. The number of allylic oxidation sites excluding steroid dienone is 2. The van der Waals surface area contributed by atoms with Gasteiger partial charge in [0.1, 0.15) is 6.61 Å². The fourth-order valence-electron chi connectivity index (χ4n) is 3.33. The van der Waals surface area contributed by atoms with Gasteiger partial charge >= 0.3 is 5.97 Å². The summed E-state index contributed by atoms with van der Waals surface area (Å²) in [6.45, 7) is 3.96. The van der Waals surface area contributed by atoms with Crippen LogP contribution in [0.15, 0.2) is 84.7 Å². The maximum atomic E-state index is 12.9. The number of nitrogens with two attached hydrogens (primary N) is 1. The molecule has 6 heteroatoms. The molecule has 2 aromatic carbocycles. The third-order valence-corrected chi connectivity index (χ3v) is 5.11. The van der Waals surface area contributed by atoms with Crippen LogP contribution in [0.3, 0.4) is 0 Å². The second-order valence-electron chi connectivity index (χ2n) is 7.28. The summed E-state index contributed by atoms with van der Waals surface area (Å²) < 4.78 is 5.36. The van der Waals surface area contributed by atoms with E-state index in [0.29, 0.717) is 11.3 Å². The van der Waals surface area contributed by atoms with Crippen molar-refractivity contribution in [1.29, 1.82) is 0 Å². The number of amides is 1. The van der Waals surface area contributed by atoms with Gasteiger partial charge in [0.2, 0.25) is 5.91 Å². The Labute approximate surface area is 187 Å². The number of anilines is 1. The summed E-state index contributed by atoms with van der Waals surface area (Å²) >= 11 is 0. The van der Waals surface area contributed by atoms with Gasteiger partial charge in [0.25, 0.3) is 0 Å². The van der Waals surface area contributed by atoms with E-state index in [-0.39, 0.29) is 25.0 Å². The monoisotopic (exact) mass is 429 g/mol. The minimum absolute atomic E-state index is 0.152. The lowest BCUT2D eigenvalue weighted by atomic mass is 9.97. The Kier molecular flexibility index (Phi) is 7.89. The minimum atomic E-state index is -0.496. The van der Waals surface area contributed by atoms with Gasteiger partial charge in [-0.3, -0.25) is 9.78 Å². The number of rotatable bonds is 8. The van der Waals surface area contributed by atoms with Crippen LogP contribution in [0.2, 0.25) is 0 Å². The Balaban J connectivity index is 1.65. The molecule has 1 heterocycles. The van der Waals surface area contributed by atoms with Crippen molar-refractivity contribution < 1.29 is 14.3 Å². The smallest absolute Gasteiger partial charge is 0.338 e. The molecule has 0 aliphatic heterocycles. The molecule has 3 rings (SSSR count). The van der Waals surface area contributed by atoms with Crippen LogP contribution in [0.5, 0.6) is 0 Å². The SMILES string of the molecule is C/C=C\C(=C/C)C(=O)OCc1ccc([C@@H](CN)C(=O)Nc2ccc3cnccc3c2)cc1. The molecule has 0 fully saturated rings. The number of hydrogen-bond donors (Lipinski definition) is 2. The summed E-state index contributed by atoms with van der Waals surface area (Å²) in [6.07, 6.45) is 8.71. The van der Waals surface area contributed by atoms with E-state index in [4.69, 9.17) is 10.5 Å². The van der Waals surface area contributed by atoms with E-state index < -0.39 is 5.92 Å². The molecule has 0 aliphatic carbocycles. The summed E-state index contributed by atoms with van der Waals surface area (Å²) in [5.41, 5.74) is 8.76. The molecular weight excluding hydrogens is 402 g/mol. The van der Waals surface area contributed by atoms with E-state index in [0.717, 1.165) is 21.9 Å². The Morgan fingerprint density at radius 3 is 2.56 bits per heavy atom. The first-order valence-electron chi connectivity index (χ1n) is 10.5. The fourth-order valence-corrected chi connectivity index (χ4v) is 3.33. The van der Waals surface area contributed by atoms with Gasteiger partial charge in [0.15, 0.2) is 0 Å². The first-order valence-corrected chi connectivity index (χ1v) is 10.5. The normalized spacial score (nSPS) is 12.7. The molecule has 1 aromatic heterocycles. The lowest BCUT2D eigenvalue weighted by Gasteiger charge is -2.16. The summed E-state index contributed by atoms with van der Waals surface area (Å²) in [7, 11) is 0. The highest BCUT2D eigenvalue weighted by molar-refractivity contribution is 5.98. The highest BCUT2D eigenvalue weighted by atomic mass is 16.5. The van der Waals surface area contributed by atoms with E-state index in [1.807, 2.05) is 55.5 Å². The topological polar surface area (TPSA) is 94.3 Å². The van der Waals surface area contributed by atoms with Gasteiger partial charge in [-0.05, 0) is 48.6 Å². The largest absolute Gasteiger partial charge is 0.457 e. The highest BCUT2D eigenvalue weighted by Gasteiger charge is 2.19. The number of pyridine rings is 1. The molecule has 0 bridgehead atoms. The Morgan fingerprint density at radius 2 is 1.88 bits per heavy atom. The maximum absolute atomic E-state index is 12.9. The minimum Gasteiger partial charge on any atom is -0.457 e. The average Bonchev–Trinajstić information content (AvgIpc) is 2.82. The molecule has 0 spiro atoms. The number of carbonyl (C=O) groups excluding carboxylic acids is 2. The second-order valence-corrected chi connectivity index (χ2v) is 7.28. The number of carbonyl (C=O) groups is 2. The molecule has 1 amide bonds. The molecule has 1 atom stereocenters. The molecule has 3 N–H and O–H groups in total. The van der Waals surface area contributed by atoms with Crippen LogP contribution in [-0.4, -0.2) is 23.4 Å². The summed E-state index contributed by atoms with van der Waals surface area (Å²) in [5.74, 6) is -1.05. The molecule has 6 nitrogen and oxygen atoms in total. The number of benzene rings is 2. The predicted octanol–water partition coefficient (Wildman–Crippen LogP) is 4.48. The fraction of sp³-hybridized carbons (Fsp3) is 0.192. The number of nitrogens with zero attached hydrogens (tertiary/aromatic N) is 1. The van der Waals surface area contributed by atoms with Crippen molar-refractivity contribution in [2.45, 2.75) is 26.4 Å². The summed E-state index contributed by atoms with van der Waals surface area (Å²) in [6, 6.07) is 14.9. The molecule has 164 valence electrons.